The Hall–Kier alpha value is -0.0400. The van der Waals surface area contributed by atoms with Crippen molar-refractivity contribution in [2.45, 2.75) is 38.8 Å². The van der Waals surface area contributed by atoms with Crippen LogP contribution >= 0.6 is 10.8 Å². The van der Waals surface area contributed by atoms with Crippen molar-refractivity contribution in [2.75, 3.05) is 12.0 Å². The van der Waals surface area contributed by atoms with Gasteiger partial charge in [-0.15, -0.1) is 0 Å². The topological polar surface area (TPSA) is 57.6 Å². The fourth-order valence-corrected chi connectivity index (χ4v) is 3.71. The molecular formula is C10H19NO3S2. The summed E-state index contributed by atoms with van der Waals surface area (Å²) in [5, 5.41) is 11.3. The molecule has 0 saturated heterocycles. The van der Waals surface area contributed by atoms with Crippen molar-refractivity contribution in [3.8, 4) is 0 Å². The van der Waals surface area contributed by atoms with Gasteiger partial charge in [0, 0.05) is 12.0 Å². The second-order valence-electron chi connectivity index (χ2n) is 5.16. The van der Waals surface area contributed by atoms with Gasteiger partial charge in [0.05, 0.1) is 11.1 Å². The molecule has 0 radical (unpaired) electrons. The summed E-state index contributed by atoms with van der Waals surface area (Å²) in [6, 6.07) is 0. The van der Waals surface area contributed by atoms with E-state index in [2.05, 4.69) is 0 Å². The lowest BCUT2D eigenvalue weighted by Gasteiger charge is -2.36. The van der Waals surface area contributed by atoms with E-state index in [1.165, 1.54) is 11.3 Å². The number of rotatable bonds is 3. The molecule has 1 aliphatic heterocycles. The first-order valence-corrected chi connectivity index (χ1v) is 8.42. The molecule has 0 aliphatic carbocycles. The minimum absolute atomic E-state index is 0.395. The molecule has 0 aromatic carbocycles. The molecule has 0 aromatic rings. The molecule has 0 amide bonds. The summed E-state index contributed by atoms with van der Waals surface area (Å²) in [7, 11) is -2.14. The molecule has 0 saturated carbocycles. The van der Waals surface area contributed by atoms with Crippen LogP contribution in [0.5, 0.6) is 0 Å². The molecule has 94 valence electrons. The minimum Gasteiger partial charge on any atom is -0.312 e. The SMILES string of the molecule is CC1(C)C=C(CSS(C)(=O)=O)C(C)(C)[15N]1O. The van der Waals surface area contributed by atoms with Crippen LogP contribution in [-0.4, -0.2) is 41.8 Å². The molecule has 1 N–H and O–H groups in total. The van der Waals surface area contributed by atoms with Gasteiger partial charge < -0.3 is 5.21 Å². The summed E-state index contributed by atoms with van der Waals surface area (Å²) in [5.74, 6) is 0.395. The lowest BCUT2D eigenvalue weighted by molar-refractivity contribution is -0.185. The molecule has 6 heteroatoms. The second-order valence-corrected chi connectivity index (χ2v) is 9.62. The van der Waals surface area contributed by atoms with E-state index >= 15 is 0 Å². The van der Waals surface area contributed by atoms with Gasteiger partial charge >= 0.3 is 0 Å². The second kappa shape index (κ2) is 4.01. The van der Waals surface area contributed by atoms with E-state index in [0.717, 1.165) is 16.4 Å². The van der Waals surface area contributed by atoms with E-state index < -0.39 is 19.9 Å². The standard InChI is InChI=1S/C10H19NO3S2/c1-9(2)6-8(7-15-16(5,13)14)10(3,4)11(9)12/h6,12H,7H2,1-5H3/i11+1. The molecule has 0 bridgehead atoms. The van der Waals surface area contributed by atoms with E-state index in [1.807, 2.05) is 33.8 Å². The molecule has 0 aromatic heterocycles. The van der Waals surface area contributed by atoms with Crippen LogP contribution in [0, 0.1) is 0 Å². The van der Waals surface area contributed by atoms with E-state index in [-0.39, 0.29) is 0 Å². The number of hydrogen-bond acceptors (Lipinski definition) is 5. The van der Waals surface area contributed by atoms with E-state index in [0.29, 0.717) is 5.75 Å². The van der Waals surface area contributed by atoms with E-state index in [1.54, 1.807) is 0 Å². The summed E-state index contributed by atoms with van der Waals surface area (Å²) in [4.78, 5) is 0. The summed E-state index contributed by atoms with van der Waals surface area (Å²) >= 11 is 0. The highest BCUT2D eigenvalue weighted by molar-refractivity contribution is 8.71. The van der Waals surface area contributed by atoms with Gasteiger partial charge in [0.2, 0.25) is 0 Å². The highest BCUT2D eigenvalue weighted by atomic mass is 33.1. The van der Waals surface area contributed by atoms with Gasteiger partial charge in [0.1, 0.15) is 0 Å². The zero-order chi connectivity index (χ0) is 12.8. The highest BCUT2D eigenvalue weighted by Crippen LogP contribution is 2.39. The quantitative estimate of drug-likeness (QED) is 0.480. The number of nitrogens with zero attached hydrogens (tertiary/aromatic N) is 1. The molecule has 1 heterocycles. The molecule has 1 aliphatic rings. The highest BCUT2D eigenvalue weighted by Gasteiger charge is 2.44. The van der Waals surface area contributed by atoms with Gasteiger partial charge in [0.25, 0.3) is 0 Å². The van der Waals surface area contributed by atoms with Crippen LogP contribution in [0.2, 0.25) is 0 Å². The molecule has 0 atom stereocenters. The Labute approximate surface area is 101 Å². The van der Waals surface area contributed by atoms with Crippen molar-refractivity contribution in [1.29, 1.82) is 0 Å². The Balaban J connectivity index is 2.89. The fraction of sp³-hybridized carbons (Fsp3) is 0.800. The normalized spacial score (nSPS) is 24.5. The van der Waals surface area contributed by atoms with Crippen LogP contribution in [0.1, 0.15) is 27.7 Å². The Morgan fingerprint density at radius 2 is 1.88 bits per heavy atom. The van der Waals surface area contributed by atoms with Crippen LogP contribution in [-0.2, 0) is 8.87 Å². The first-order valence-electron chi connectivity index (χ1n) is 5.03. The van der Waals surface area contributed by atoms with Gasteiger partial charge in [-0.05, 0) is 44.1 Å². The smallest absolute Gasteiger partial charge is 0.199 e. The molecule has 0 fully saturated rings. The zero-order valence-corrected chi connectivity index (χ0v) is 11.9. The Morgan fingerprint density at radius 1 is 1.38 bits per heavy atom. The lowest BCUT2D eigenvalue weighted by Crippen LogP contribution is -2.48. The Morgan fingerprint density at radius 3 is 2.19 bits per heavy atom. The van der Waals surface area contributed by atoms with Crippen molar-refractivity contribution in [3.63, 3.8) is 0 Å². The van der Waals surface area contributed by atoms with Crippen molar-refractivity contribution < 1.29 is 13.6 Å². The van der Waals surface area contributed by atoms with Crippen LogP contribution in [0.3, 0.4) is 0 Å². The predicted octanol–water partition coefficient (Wildman–Crippen LogP) is 1.87. The average molecular weight is 266 g/mol. The first kappa shape index (κ1) is 14.0. The number of hydrogen-bond donors (Lipinski definition) is 1. The average Bonchev–Trinajstić information content (AvgIpc) is 2.22. The van der Waals surface area contributed by atoms with Gasteiger partial charge in [-0.1, -0.05) is 6.08 Å². The minimum atomic E-state index is -3.04. The molecule has 16 heavy (non-hydrogen) atoms. The van der Waals surface area contributed by atoms with Crippen molar-refractivity contribution >= 4 is 19.7 Å². The predicted molar refractivity (Wildman–Crippen MR) is 67.2 cm³/mol. The van der Waals surface area contributed by atoms with Crippen molar-refractivity contribution in [1.82, 2.24) is 5.06 Å². The van der Waals surface area contributed by atoms with Gasteiger partial charge in [0.15, 0.2) is 8.87 Å². The van der Waals surface area contributed by atoms with Gasteiger partial charge in [-0.25, -0.2) is 8.42 Å². The molecule has 4 nitrogen and oxygen atoms in total. The Kier molecular flexibility index (Phi) is 3.52. The van der Waals surface area contributed by atoms with Crippen LogP contribution in [0.15, 0.2) is 11.6 Å². The van der Waals surface area contributed by atoms with Crippen LogP contribution in [0.25, 0.3) is 0 Å². The van der Waals surface area contributed by atoms with Crippen molar-refractivity contribution in [3.05, 3.63) is 11.6 Å². The third kappa shape index (κ3) is 2.80. The third-order valence-corrected chi connectivity index (χ3v) is 5.31. The van der Waals surface area contributed by atoms with Crippen molar-refractivity contribution in [2.24, 2.45) is 0 Å². The Bertz CT molecular complexity index is 410. The third-order valence-electron chi connectivity index (χ3n) is 2.82. The monoisotopic (exact) mass is 266 g/mol. The lowest BCUT2D eigenvalue weighted by atomic mass is 10.00. The molecular weight excluding hydrogens is 247 g/mol. The summed E-state index contributed by atoms with van der Waals surface area (Å²) < 4.78 is 22.2. The number of hydroxylamine groups is 2. The molecule has 0 unspecified atom stereocenters. The maximum absolute atomic E-state index is 11.1. The summed E-state index contributed by atoms with van der Waals surface area (Å²) in [6.45, 7) is 7.56. The molecule has 0 spiro atoms. The largest absolute Gasteiger partial charge is 0.312 e. The van der Waals surface area contributed by atoms with Gasteiger partial charge in [-0.2, -0.15) is 5.06 Å². The van der Waals surface area contributed by atoms with Gasteiger partial charge in [-0.3, -0.25) is 0 Å². The maximum atomic E-state index is 11.1. The van der Waals surface area contributed by atoms with E-state index in [4.69, 9.17) is 0 Å². The van der Waals surface area contributed by atoms with Crippen LogP contribution in [0.4, 0.5) is 0 Å². The summed E-state index contributed by atoms with van der Waals surface area (Å²) in [5.41, 5.74) is -0.0200. The van der Waals surface area contributed by atoms with E-state index in [9.17, 15) is 13.6 Å². The first-order chi connectivity index (χ1) is 6.97. The summed E-state index contributed by atoms with van der Waals surface area (Å²) in [6.07, 6.45) is 3.13. The maximum Gasteiger partial charge on any atom is 0.199 e. The van der Waals surface area contributed by atoms with Crippen LogP contribution < -0.4 is 0 Å². The fourth-order valence-electron chi connectivity index (χ4n) is 1.91. The molecule has 1 rings (SSSR count). The zero-order valence-electron chi connectivity index (χ0n) is 10.3.